The number of aryl methyl sites for hydroxylation is 1. The first-order valence-corrected chi connectivity index (χ1v) is 10.6. The van der Waals surface area contributed by atoms with Crippen LogP contribution < -0.4 is 5.73 Å². The van der Waals surface area contributed by atoms with Crippen LogP contribution in [0.4, 0.5) is 0 Å². The van der Waals surface area contributed by atoms with Gasteiger partial charge in [-0.15, -0.1) is 0 Å². The Morgan fingerprint density at radius 3 is 2.39 bits per heavy atom. The van der Waals surface area contributed by atoms with E-state index in [1.807, 2.05) is 6.92 Å². The van der Waals surface area contributed by atoms with E-state index in [0.29, 0.717) is 17.5 Å². The summed E-state index contributed by atoms with van der Waals surface area (Å²) in [5.41, 5.74) is 2.50. The summed E-state index contributed by atoms with van der Waals surface area (Å²) in [7, 11) is 3.15. The molecule has 176 valence electrons. The predicted octanol–water partition coefficient (Wildman–Crippen LogP) is 0.389. The molecule has 0 unspecified atom stereocenters. The third-order valence-electron chi connectivity index (χ3n) is 7.18. The number of carbonyl (C=O) groups excluding carboxylic acids is 3. The maximum absolute atomic E-state index is 13.4. The number of amides is 1. The SMILES string of the molecule is CCc1cc(O)c(O)c2c1C[C@H]1C[C@@H]3[C@H](N(C)C)C(O)=C(C(N)=O)C(=O)[C@]3(O)C(O)=C1C2=O. The van der Waals surface area contributed by atoms with Gasteiger partial charge in [0, 0.05) is 11.5 Å². The van der Waals surface area contributed by atoms with Gasteiger partial charge in [0.15, 0.2) is 22.9 Å². The number of nitrogens with zero attached hydrogens (tertiary/aromatic N) is 1. The normalized spacial score (nSPS) is 29.2. The first kappa shape index (κ1) is 22.8. The third kappa shape index (κ3) is 2.83. The smallest absolute Gasteiger partial charge is 0.255 e. The molecule has 0 bridgehead atoms. The van der Waals surface area contributed by atoms with Crippen LogP contribution in [-0.4, -0.2) is 73.6 Å². The number of phenolic OH excluding ortho intramolecular Hbond substituents is 2. The minimum absolute atomic E-state index is 0.0244. The number of aliphatic hydroxyl groups is 3. The number of benzene rings is 1. The Hall–Kier alpha value is -3.37. The molecule has 3 aliphatic carbocycles. The van der Waals surface area contributed by atoms with E-state index >= 15 is 0 Å². The summed E-state index contributed by atoms with van der Waals surface area (Å²) in [6.45, 7) is 1.83. The molecule has 0 spiro atoms. The molecular formula is C23H26N2O8. The molecule has 4 atom stereocenters. The number of nitrogens with two attached hydrogens (primary N) is 1. The van der Waals surface area contributed by atoms with Gasteiger partial charge in [-0.1, -0.05) is 6.92 Å². The second kappa shape index (κ2) is 7.32. The molecule has 1 aromatic carbocycles. The van der Waals surface area contributed by atoms with E-state index < -0.39 is 69.5 Å². The number of hydrogen-bond acceptors (Lipinski definition) is 9. The average molecular weight is 458 g/mol. The third-order valence-corrected chi connectivity index (χ3v) is 7.18. The number of aliphatic hydroxyl groups excluding tert-OH is 2. The molecule has 1 amide bonds. The molecule has 0 radical (unpaired) electrons. The van der Waals surface area contributed by atoms with Crippen LogP contribution in [0.15, 0.2) is 28.7 Å². The Kier molecular flexibility index (Phi) is 5.06. The van der Waals surface area contributed by atoms with Crippen LogP contribution in [-0.2, 0) is 22.4 Å². The van der Waals surface area contributed by atoms with Crippen molar-refractivity contribution in [2.45, 2.75) is 37.8 Å². The van der Waals surface area contributed by atoms with Crippen molar-refractivity contribution in [3.8, 4) is 11.5 Å². The molecule has 0 aliphatic heterocycles. The van der Waals surface area contributed by atoms with Crippen molar-refractivity contribution in [1.82, 2.24) is 4.90 Å². The number of phenols is 2. The second-order valence-electron chi connectivity index (χ2n) is 9.07. The van der Waals surface area contributed by atoms with Gasteiger partial charge in [-0.2, -0.15) is 0 Å². The summed E-state index contributed by atoms with van der Waals surface area (Å²) in [4.78, 5) is 40.1. The zero-order chi connectivity index (χ0) is 24.6. The van der Waals surface area contributed by atoms with Gasteiger partial charge >= 0.3 is 0 Å². The summed E-state index contributed by atoms with van der Waals surface area (Å²) < 4.78 is 0. The maximum Gasteiger partial charge on any atom is 0.255 e. The van der Waals surface area contributed by atoms with Gasteiger partial charge < -0.3 is 31.3 Å². The average Bonchev–Trinajstić information content (AvgIpc) is 2.72. The number of allylic oxidation sites excluding steroid dienone is 1. The fourth-order valence-electron chi connectivity index (χ4n) is 5.70. The number of primary amides is 1. The molecule has 0 fully saturated rings. The van der Waals surface area contributed by atoms with Crippen LogP contribution in [0.25, 0.3) is 0 Å². The molecule has 0 saturated heterocycles. The molecule has 10 heteroatoms. The lowest BCUT2D eigenvalue weighted by Gasteiger charge is -2.50. The van der Waals surface area contributed by atoms with Gasteiger partial charge in [0.1, 0.15) is 17.1 Å². The summed E-state index contributed by atoms with van der Waals surface area (Å²) in [6, 6.07) is 0.351. The van der Waals surface area contributed by atoms with E-state index in [2.05, 4.69) is 0 Å². The fourth-order valence-corrected chi connectivity index (χ4v) is 5.70. The van der Waals surface area contributed by atoms with Crippen LogP contribution in [0.3, 0.4) is 0 Å². The van der Waals surface area contributed by atoms with Gasteiger partial charge in [0.05, 0.1) is 11.6 Å². The summed E-state index contributed by atoms with van der Waals surface area (Å²) in [5, 5.41) is 53.9. The maximum atomic E-state index is 13.4. The number of ketones is 2. The first-order chi connectivity index (χ1) is 15.4. The van der Waals surface area contributed by atoms with Crippen molar-refractivity contribution >= 4 is 17.5 Å². The molecular weight excluding hydrogens is 432 g/mol. The topological polar surface area (TPSA) is 182 Å². The van der Waals surface area contributed by atoms with Crippen molar-refractivity contribution in [2.75, 3.05) is 14.1 Å². The predicted molar refractivity (Wildman–Crippen MR) is 115 cm³/mol. The Morgan fingerprint density at radius 2 is 1.85 bits per heavy atom. The van der Waals surface area contributed by atoms with Gasteiger partial charge in [-0.3, -0.25) is 19.3 Å². The zero-order valence-electron chi connectivity index (χ0n) is 18.4. The van der Waals surface area contributed by atoms with Crippen molar-refractivity contribution in [3.63, 3.8) is 0 Å². The minimum Gasteiger partial charge on any atom is -0.510 e. The van der Waals surface area contributed by atoms with E-state index in [0.717, 1.165) is 0 Å². The lowest BCUT2D eigenvalue weighted by Crippen LogP contribution is -2.63. The van der Waals surface area contributed by atoms with Crippen LogP contribution in [0.1, 0.15) is 34.8 Å². The van der Waals surface area contributed by atoms with Gasteiger partial charge in [0.25, 0.3) is 5.91 Å². The lowest BCUT2D eigenvalue weighted by atomic mass is 9.58. The largest absolute Gasteiger partial charge is 0.510 e. The van der Waals surface area contributed by atoms with E-state index in [4.69, 9.17) is 5.73 Å². The molecule has 1 aromatic rings. The standard InChI is InChI=1S/C23H26N2O8/c1-4-8-7-12(26)17(27)14-10(8)5-9-6-11-16(25(2)3)19(29)15(22(24)32)21(31)23(11,33)20(30)13(9)18(14)28/h7,9,11,16,26-27,29-30,33H,4-6H2,1-3H3,(H2,24,32)/t9-,11+,16-,23+/m0/s1. The Morgan fingerprint density at radius 1 is 1.21 bits per heavy atom. The Bertz CT molecular complexity index is 1180. The highest BCUT2D eigenvalue weighted by Gasteiger charge is 2.63. The number of fused-ring (bicyclic) bond motifs is 3. The summed E-state index contributed by atoms with van der Waals surface area (Å²) in [6.07, 6.45) is 0.695. The van der Waals surface area contributed by atoms with E-state index in [1.165, 1.54) is 11.0 Å². The number of likely N-dealkylation sites (N-methyl/N-ethyl adjacent to an activating group) is 1. The van der Waals surface area contributed by atoms with Crippen LogP contribution >= 0.6 is 0 Å². The molecule has 0 saturated carbocycles. The van der Waals surface area contributed by atoms with E-state index in [1.54, 1.807) is 14.1 Å². The van der Waals surface area contributed by atoms with Crippen molar-refractivity contribution < 1.29 is 39.9 Å². The monoisotopic (exact) mass is 458 g/mol. The highest BCUT2D eigenvalue weighted by atomic mass is 16.3. The molecule has 0 heterocycles. The lowest BCUT2D eigenvalue weighted by molar-refractivity contribution is -0.148. The summed E-state index contributed by atoms with van der Waals surface area (Å²) in [5.74, 6) is -7.75. The van der Waals surface area contributed by atoms with Crippen LogP contribution in [0, 0.1) is 11.8 Å². The first-order valence-electron chi connectivity index (χ1n) is 10.6. The molecule has 4 rings (SSSR count). The molecule has 3 aliphatic rings. The highest BCUT2D eigenvalue weighted by molar-refractivity contribution is 6.24. The zero-order valence-corrected chi connectivity index (χ0v) is 18.4. The number of Topliss-reactive ketones (excluding diaryl/α,β-unsaturated/α-hetero) is 2. The van der Waals surface area contributed by atoms with E-state index in [-0.39, 0.29) is 24.0 Å². The molecule has 10 nitrogen and oxygen atoms in total. The Balaban J connectivity index is 1.99. The van der Waals surface area contributed by atoms with Crippen LogP contribution in [0.2, 0.25) is 0 Å². The molecule has 33 heavy (non-hydrogen) atoms. The number of rotatable bonds is 3. The quantitative estimate of drug-likeness (QED) is 0.276. The van der Waals surface area contributed by atoms with Crippen molar-refractivity contribution in [3.05, 3.63) is 45.4 Å². The van der Waals surface area contributed by atoms with Gasteiger partial charge in [-0.05, 0) is 56.5 Å². The van der Waals surface area contributed by atoms with Crippen molar-refractivity contribution in [2.24, 2.45) is 17.6 Å². The molecule has 0 aromatic heterocycles. The number of hydrogen-bond donors (Lipinski definition) is 6. The fraction of sp³-hybridized carbons (Fsp3) is 0.435. The van der Waals surface area contributed by atoms with Crippen molar-refractivity contribution in [1.29, 1.82) is 0 Å². The summed E-state index contributed by atoms with van der Waals surface area (Å²) >= 11 is 0. The Labute approximate surface area is 189 Å². The molecule has 7 N–H and O–H groups in total. The number of aromatic hydroxyl groups is 2. The minimum atomic E-state index is -2.68. The van der Waals surface area contributed by atoms with Crippen LogP contribution in [0.5, 0.6) is 11.5 Å². The van der Waals surface area contributed by atoms with Gasteiger partial charge in [0.2, 0.25) is 5.78 Å². The number of carbonyl (C=O) groups is 3. The van der Waals surface area contributed by atoms with E-state index in [9.17, 15) is 39.9 Å². The highest BCUT2D eigenvalue weighted by Crippen LogP contribution is 2.53. The second-order valence-corrected chi connectivity index (χ2v) is 9.07. The van der Waals surface area contributed by atoms with Gasteiger partial charge in [-0.25, -0.2) is 0 Å².